The zero-order valence-electron chi connectivity index (χ0n) is 11.6. The average molecular weight is 305 g/mol. The summed E-state index contributed by atoms with van der Waals surface area (Å²) < 4.78 is 1.94. The largest absolute Gasteiger partial charge is 0.319 e. The Bertz CT molecular complexity index is 634. The Morgan fingerprint density at radius 3 is 2.95 bits per heavy atom. The normalized spacial score (nSPS) is 15.9. The molecule has 21 heavy (non-hydrogen) atoms. The van der Waals surface area contributed by atoms with Crippen LogP contribution < -0.4 is 10.6 Å². The minimum atomic E-state index is -0.178. The lowest BCUT2D eigenvalue weighted by molar-refractivity contribution is 0.102. The van der Waals surface area contributed by atoms with E-state index >= 15 is 0 Å². The van der Waals surface area contributed by atoms with Crippen LogP contribution in [0.3, 0.4) is 0 Å². The molecule has 0 unspecified atom stereocenters. The molecule has 0 aliphatic carbocycles. The fourth-order valence-electron chi connectivity index (χ4n) is 2.51. The molecule has 0 saturated carbocycles. The number of nitrogens with one attached hydrogen (secondary N) is 2. The number of carbonyl (C=O) groups excluding carboxylic acids is 1. The van der Waals surface area contributed by atoms with Crippen LogP contribution in [-0.2, 0) is 0 Å². The highest BCUT2D eigenvalue weighted by atomic mass is 35.5. The van der Waals surface area contributed by atoms with Gasteiger partial charge in [0.1, 0.15) is 0 Å². The molecule has 5 nitrogen and oxygen atoms in total. The van der Waals surface area contributed by atoms with E-state index < -0.39 is 0 Å². The van der Waals surface area contributed by atoms with Gasteiger partial charge in [0, 0.05) is 16.8 Å². The summed E-state index contributed by atoms with van der Waals surface area (Å²) in [5.41, 5.74) is 1.25. The van der Waals surface area contributed by atoms with Crippen LogP contribution in [0.5, 0.6) is 0 Å². The fourth-order valence-corrected chi connectivity index (χ4v) is 2.70. The number of anilines is 1. The first kappa shape index (κ1) is 14.1. The van der Waals surface area contributed by atoms with Crippen LogP contribution in [0.25, 0.3) is 0 Å². The quantitative estimate of drug-likeness (QED) is 0.916. The first-order valence-electron chi connectivity index (χ1n) is 7.04. The lowest BCUT2D eigenvalue weighted by atomic mass is 10.1. The average Bonchev–Trinajstić information content (AvgIpc) is 2.97. The molecule has 0 bridgehead atoms. The van der Waals surface area contributed by atoms with Crippen molar-refractivity contribution in [2.75, 3.05) is 18.4 Å². The molecule has 1 fully saturated rings. The predicted octanol–water partition coefficient (Wildman–Crippen LogP) is 2.71. The number of halogens is 1. The summed E-state index contributed by atoms with van der Waals surface area (Å²) in [4.78, 5) is 12.1. The maximum atomic E-state index is 12.1. The Morgan fingerprint density at radius 1 is 1.38 bits per heavy atom. The second-order valence-electron chi connectivity index (χ2n) is 5.15. The van der Waals surface area contributed by atoms with E-state index in [0.29, 0.717) is 22.3 Å². The Labute approximate surface area is 128 Å². The monoisotopic (exact) mass is 304 g/mol. The third-order valence-electron chi connectivity index (χ3n) is 3.63. The molecule has 6 heteroatoms. The molecule has 1 aliphatic rings. The molecule has 0 spiro atoms. The number of benzene rings is 1. The maximum Gasteiger partial charge on any atom is 0.255 e. The number of amides is 1. The summed E-state index contributed by atoms with van der Waals surface area (Å²) in [6.07, 6.45) is 5.69. The molecule has 2 heterocycles. The van der Waals surface area contributed by atoms with Gasteiger partial charge in [0.25, 0.3) is 5.91 Å². The van der Waals surface area contributed by atoms with Gasteiger partial charge in [-0.1, -0.05) is 17.7 Å². The van der Waals surface area contributed by atoms with Crippen molar-refractivity contribution in [1.82, 2.24) is 15.1 Å². The van der Waals surface area contributed by atoms with Crippen LogP contribution in [0.4, 0.5) is 5.69 Å². The zero-order valence-corrected chi connectivity index (χ0v) is 12.3. The lowest BCUT2D eigenvalue weighted by Gasteiger charge is -2.22. The molecule has 1 amide bonds. The zero-order chi connectivity index (χ0) is 14.7. The summed E-state index contributed by atoms with van der Waals surface area (Å²) in [6, 6.07) is 7.29. The van der Waals surface area contributed by atoms with Crippen molar-refractivity contribution in [2.45, 2.75) is 18.9 Å². The van der Waals surface area contributed by atoms with Gasteiger partial charge in [0.05, 0.1) is 17.9 Å². The van der Waals surface area contributed by atoms with Gasteiger partial charge in [-0.3, -0.25) is 9.48 Å². The number of rotatable bonds is 3. The first-order valence-corrected chi connectivity index (χ1v) is 7.42. The Balaban J connectivity index is 1.68. The fraction of sp³-hybridized carbons (Fsp3) is 0.333. The molecule has 0 atom stereocenters. The third kappa shape index (κ3) is 3.43. The van der Waals surface area contributed by atoms with Crippen LogP contribution in [0.1, 0.15) is 29.2 Å². The van der Waals surface area contributed by atoms with Gasteiger partial charge in [-0.05, 0) is 44.1 Å². The van der Waals surface area contributed by atoms with Crippen molar-refractivity contribution < 1.29 is 4.79 Å². The molecule has 2 aromatic rings. The smallest absolute Gasteiger partial charge is 0.255 e. The summed E-state index contributed by atoms with van der Waals surface area (Å²) in [5, 5.41) is 11.1. The number of hydrogen-bond donors (Lipinski definition) is 2. The lowest BCUT2D eigenvalue weighted by Crippen LogP contribution is -2.29. The predicted molar refractivity (Wildman–Crippen MR) is 82.8 cm³/mol. The molecular formula is C15H17ClN4O. The summed E-state index contributed by atoms with van der Waals surface area (Å²) in [5.74, 6) is -0.178. The number of nitrogens with zero attached hydrogens (tertiary/aromatic N) is 2. The maximum absolute atomic E-state index is 12.1. The minimum absolute atomic E-state index is 0.178. The molecule has 1 aliphatic heterocycles. The van der Waals surface area contributed by atoms with E-state index in [4.69, 9.17) is 11.6 Å². The Kier molecular flexibility index (Phi) is 4.22. The number of aromatic nitrogens is 2. The van der Waals surface area contributed by atoms with Gasteiger partial charge in [-0.25, -0.2) is 0 Å². The van der Waals surface area contributed by atoms with Gasteiger partial charge >= 0.3 is 0 Å². The minimum Gasteiger partial charge on any atom is -0.319 e. The highest BCUT2D eigenvalue weighted by Crippen LogP contribution is 2.20. The number of carbonyl (C=O) groups is 1. The third-order valence-corrected chi connectivity index (χ3v) is 3.86. The van der Waals surface area contributed by atoms with Crippen molar-refractivity contribution in [2.24, 2.45) is 0 Å². The SMILES string of the molecule is O=C(Nc1cnn(C2CCNCC2)c1)c1cccc(Cl)c1. The van der Waals surface area contributed by atoms with E-state index in [1.165, 1.54) is 0 Å². The van der Waals surface area contributed by atoms with E-state index in [1.807, 2.05) is 10.9 Å². The highest BCUT2D eigenvalue weighted by Gasteiger charge is 2.16. The van der Waals surface area contributed by atoms with E-state index in [0.717, 1.165) is 25.9 Å². The van der Waals surface area contributed by atoms with Crippen LogP contribution >= 0.6 is 11.6 Å². The van der Waals surface area contributed by atoms with Gasteiger partial charge in [0.15, 0.2) is 0 Å². The highest BCUT2D eigenvalue weighted by molar-refractivity contribution is 6.31. The van der Waals surface area contributed by atoms with Gasteiger partial charge < -0.3 is 10.6 Å². The topological polar surface area (TPSA) is 59.0 Å². The molecule has 3 rings (SSSR count). The van der Waals surface area contributed by atoms with Gasteiger partial charge in [-0.2, -0.15) is 5.10 Å². The van der Waals surface area contributed by atoms with Crippen molar-refractivity contribution >= 4 is 23.2 Å². The molecule has 1 aromatic carbocycles. The molecule has 110 valence electrons. The van der Waals surface area contributed by atoms with Crippen LogP contribution in [0.15, 0.2) is 36.7 Å². The first-order chi connectivity index (χ1) is 10.2. The second-order valence-corrected chi connectivity index (χ2v) is 5.59. The standard InChI is InChI=1S/C15H17ClN4O/c16-12-3-1-2-11(8-12)15(21)19-13-9-18-20(10-13)14-4-6-17-7-5-14/h1-3,8-10,14,17H,4-7H2,(H,19,21). The van der Waals surface area contributed by atoms with Gasteiger partial charge in [0.2, 0.25) is 0 Å². The second kappa shape index (κ2) is 6.28. The summed E-state index contributed by atoms with van der Waals surface area (Å²) >= 11 is 5.90. The molecule has 0 radical (unpaired) electrons. The van der Waals surface area contributed by atoms with E-state index in [1.54, 1.807) is 30.5 Å². The summed E-state index contributed by atoms with van der Waals surface area (Å²) in [7, 11) is 0. The number of hydrogen-bond acceptors (Lipinski definition) is 3. The Hall–Kier alpha value is -1.85. The van der Waals surface area contributed by atoms with Crippen LogP contribution in [0, 0.1) is 0 Å². The molecule has 1 saturated heterocycles. The van der Waals surface area contributed by atoms with Crippen molar-refractivity contribution in [3.63, 3.8) is 0 Å². The number of piperidine rings is 1. The van der Waals surface area contributed by atoms with Crippen molar-refractivity contribution in [3.8, 4) is 0 Å². The van der Waals surface area contributed by atoms with Crippen LogP contribution in [0.2, 0.25) is 5.02 Å². The van der Waals surface area contributed by atoms with E-state index in [2.05, 4.69) is 15.7 Å². The Morgan fingerprint density at radius 2 is 2.19 bits per heavy atom. The van der Waals surface area contributed by atoms with Gasteiger partial charge in [-0.15, -0.1) is 0 Å². The van der Waals surface area contributed by atoms with Crippen molar-refractivity contribution in [1.29, 1.82) is 0 Å². The molecule has 1 aromatic heterocycles. The molecular weight excluding hydrogens is 288 g/mol. The van der Waals surface area contributed by atoms with E-state index in [9.17, 15) is 4.79 Å². The van der Waals surface area contributed by atoms with Crippen LogP contribution in [-0.4, -0.2) is 28.8 Å². The molecule has 2 N–H and O–H groups in total. The van der Waals surface area contributed by atoms with Crippen molar-refractivity contribution in [3.05, 3.63) is 47.2 Å². The summed E-state index contributed by atoms with van der Waals surface area (Å²) in [6.45, 7) is 2.02. The van der Waals surface area contributed by atoms with E-state index in [-0.39, 0.29) is 5.91 Å².